The molecule has 0 bridgehead atoms. The third-order valence-electron chi connectivity index (χ3n) is 4.08. The SMILES string of the molecule is Cc1ccc(Br)cc1NC1CCN(c2ccncc2)CC1. The molecule has 0 radical (unpaired) electrons. The summed E-state index contributed by atoms with van der Waals surface area (Å²) in [7, 11) is 0. The fraction of sp³-hybridized carbons (Fsp3) is 0.353. The summed E-state index contributed by atoms with van der Waals surface area (Å²) >= 11 is 3.55. The van der Waals surface area contributed by atoms with Crippen LogP contribution in [0.4, 0.5) is 11.4 Å². The zero-order valence-electron chi connectivity index (χ0n) is 12.2. The third-order valence-corrected chi connectivity index (χ3v) is 4.58. The molecule has 4 heteroatoms. The molecule has 0 spiro atoms. The number of piperidine rings is 1. The first-order valence-electron chi connectivity index (χ1n) is 7.40. The summed E-state index contributed by atoms with van der Waals surface area (Å²) in [6, 6.07) is 11.1. The van der Waals surface area contributed by atoms with E-state index in [0.717, 1.165) is 30.4 Å². The Bertz CT molecular complexity index is 592. The molecule has 0 amide bonds. The Kier molecular flexibility index (Phi) is 4.44. The fourth-order valence-electron chi connectivity index (χ4n) is 2.81. The highest BCUT2D eigenvalue weighted by Gasteiger charge is 2.19. The molecular formula is C17H20BrN3. The van der Waals surface area contributed by atoms with Gasteiger partial charge in [-0.05, 0) is 49.6 Å². The molecule has 2 heterocycles. The second-order valence-electron chi connectivity index (χ2n) is 5.57. The number of halogens is 1. The predicted octanol–water partition coefficient (Wildman–Crippen LogP) is 4.23. The topological polar surface area (TPSA) is 28.2 Å². The quantitative estimate of drug-likeness (QED) is 0.901. The van der Waals surface area contributed by atoms with E-state index in [-0.39, 0.29) is 0 Å². The molecule has 1 aromatic carbocycles. The van der Waals surface area contributed by atoms with Crippen molar-refractivity contribution in [3.05, 3.63) is 52.8 Å². The summed E-state index contributed by atoms with van der Waals surface area (Å²) in [6.07, 6.45) is 6.05. The lowest BCUT2D eigenvalue weighted by atomic mass is 10.0. The van der Waals surface area contributed by atoms with Gasteiger partial charge in [-0.1, -0.05) is 22.0 Å². The van der Waals surface area contributed by atoms with Gasteiger partial charge in [-0.25, -0.2) is 0 Å². The molecule has 110 valence electrons. The largest absolute Gasteiger partial charge is 0.382 e. The molecule has 0 saturated carbocycles. The average Bonchev–Trinajstić information content (AvgIpc) is 2.53. The van der Waals surface area contributed by atoms with Crippen LogP contribution in [0.2, 0.25) is 0 Å². The zero-order chi connectivity index (χ0) is 14.7. The predicted molar refractivity (Wildman–Crippen MR) is 92.0 cm³/mol. The van der Waals surface area contributed by atoms with Crippen molar-refractivity contribution in [2.24, 2.45) is 0 Å². The number of nitrogens with one attached hydrogen (secondary N) is 1. The summed E-state index contributed by atoms with van der Waals surface area (Å²) in [5.74, 6) is 0. The minimum absolute atomic E-state index is 0.552. The van der Waals surface area contributed by atoms with Gasteiger partial charge in [-0.15, -0.1) is 0 Å². The van der Waals surface area contributed by atoms with Gasteiger partial charge in [-0.3, -0.25) is 4.98 Å². The van der Waals surface area contributed by atoms with Gasteiger partial charge in [0.05, 0.1) is 0 Å². The van der Waals surface area contributed by atoms with Crippen LogP contribution in [0.5, 0.6) is 0 Å². The van der Waals surface area contributed by atoms with Crippen molar-refractivity contribution in [3.8, 4) is 0 Å². The third kappa shape index (κ3) is 3.56. The highest BCUT2D eigenvalue weighted by molar-refractivity contribution is 9.10. The fourth-order valence-corrected chi connectivity index (χ4v) is 3.17. The van der Waals surface area contributed by atoms with E-state index in [1.807, 2.05) is 12.4 Å². The molecule has 1 aliphatic heterocycles. The number of pyridine rings is 1. The van der Waals surface area contributed by atoms with Crippen molar-refractivity contribution in [1.29, 1.82) is 0 Å². The summed E-state index contributed by atoms with van der Waals surface area (Å²) in [6.45, 7) is 4.34. The number of anilines is 2. The minimum atomic E-state index is 0.552. The Morgan fingerprint density at radius 1 is 1.14 bits per heavy atom. The van der Waals surface area contributed by atoms with Gasteiger partial charge in [0.1, 0.15) is 0 Å². The lowest BCUT2D eigenvalue weighted by Crippen LogP contribution is -2.39. The number of hydrogen-bond acceptors (Lipinski definition) is 3. The monoisotopic (exact) mass is 345 g/mol. The van der Waals surface area contributed by atoms with Crippen molar-refractivity contribution in [1.82, 2.24) is 4.98 Å². The van der Waals surface area contributed by atoms with E-state index < -0.39 is 0 Å². The smallest absolute Gasteiger partial charge is 0.0397 e. The van der Waals surface area contributed by atoms with Gasteiger partial charge in [0.15, 0.2) is 0 Å². The van der Waals surface area contributed by atoms with Crippen LogP contribution in [0.25, 0.3) is 0 Å². The summed E-state index contributed by atoms with van der Waals surface area (Å²) in [4.78, 5) is 6.52. The van der Waals surface area contributed by atoms with E-state index in [9.17, 15) is 0 Å². The molecule has 0 aliphatic carbocycles. The van der Waals surface area contributed by atoms with E-state index in [4.69, 9.17) is 0 Å². The van der Waals surface area contributed by atoms with Crippen molar-refractivity contribution < 1.29 is 0 Å². The summed E-state index contributed by atoms with van der Waals surface area (Å²) in [5.41, 5.74) is 3.82. The van der Waals surface area contributed by atoms with Gasteiger partial charge in [0.25, 0.3) is 0 Å². The van der Waals surface area contributed by atoms with Crippen LogP contribution in [-0.4, -0.2) is 24.1 Å². The van der Waals surface area contributed by atoms with Gasteiger partial charge in [-0.2, -0.15) is 0 Å². The van der Waals surface area contributed by atoms with Crippen molar-refractivity contribution in [3.63, 3.8) is 0 Å². The molecule has 2 aromatic rings. The minimum Gasteiger partial charge on any atom is -0.382 e. The van der Waals surface area contributed by atoms with Gasteiger partial charge >= 0.3 is 0 Å². The second kappa shape index (κ2) is 6.48. The second-order valence-corrected chi connectivity index (χ2v) is 6.49. The maximum atomic E-state index is 4.09. The number of rotatable bonds is 3. The van der Waals surface area contributed by atoms with E-state index in [1.165, 1.54) is 16.9 Å². The van der Waals surface area contributed by atoms with Crippen molar-refractivity contribution >= 4 is 27.3 Å². The lowest BCUT2D eigenvalue weighted by molar-refractivity contribution is 0.526. The van der Waals surface area contributed by atoms with Gasteiger partial charge in [0, 0.05) is 47.4 Å². The van der Waals surface area contributed by atoms with Crippen LogP contribution < -0.4 is 10.2 Å². The normalized spacial score (nSPS) is 16.0. The Hall–Kier alpha value is -1.55. The number of aryl methyl sites for hydroxylation is 1. The molecule has 1 aromatic heterocycles. The van der Waals surface area contributed by atoms with Crippen LogP contribution in [-0.2, 0) is 0 Å². The molecule has 1 fully saturated rings. The van der Waals surface area contributed by atoms with Crippen molar-refractivity contribution in [2.45, 2.75) is 25.8 Å². The first-order chi connectivity index (χ1) is 10.2. The highest BCUT2D eigenvalue weighted by Crippen LogP contribution is 2.25. The molecule has 1 aliphatic rings. The first kappa shape index (κ1) is 14.4. The molecule has 3 rings (SSSR count). The molecule has 0 unspecified atom stereocenters. The van der Waals surface area contributed by atoms with E-state index in [1.54, 1.807) is 0 Å². The maximum Gasteiger partial charge on any atom is 0.0397 e. The standard InChI is InChI=1S/C17H20BrN3/c1-13-2-3-14(18)12-17(13)20-15-6-10-21(11-7-15)16-4-8-19-9-5-16/h2-5,8-9,12,15,20H,6-7,10-11H2,1H3. The highest BCUT2D eigenvalue weighted by atomic mass is 79.9. The van der Waals surface area contributed by atoms with E-state index >= 15 is 0 Å². The maximum absolute atomic E-state index is 4.09. The first-order valence-corrected chi connectivity index (χ1v) is 8.19. The zero-order valence-corrected chi connectivity index (χ0v) is 13.8. The van der Waals surface area contributed by atoms with E-state index in [2.05, 4.69) is 68.4 Å². The van der Waals surface area contributed by atoms with Crippen molar-refractivity contribution in [2.75, 3.05) is 23.3 Å². The molecule has 21 heavy (non-hydrogen) atoms. The number of nitrogens with zero attached hydrogens (tertiary/aromatic N) is 2. The summed E-state index contributed by atoms with van der Waals surface area (Å²) in [5, 5.41) is 3.69. The lowest BCUT2D eigenvalue weighted by Gasteiger charge is -2.34. The van der Waals surface area contributed by atoms with Crippen LogP contribution in [0, 0.1) is 6.92 Å². The van der Waals surface area contributed by atoms with Gasteiger partial charge < -0.3 is 10.2 Å². The Morgan fingerprint density at radius 3 is 2.57 bits per heavy atom. The Morgan fingerprint density at radius 2 is 1.86 bits per heavy atom. The molecule has 3 nitrogen and oxygen atoms in total. The average molecular weight is 346 g/mol. The van der Waals surface area contributed by atoms with Crippen LogP contribution >= 0.6 is 15.9 Å². The van der Waals surface area contributed by atoms with Crippen LogP contribution in [0.3, 0.4) is 0 Å². The molecule has 1 N–H and O–H groups in total. The Labute approximate surface area is 134 Å². The molecule has 0 atom stereocenters. The Balaban J connectivity index is 1.60. The van der Waals surface area contributed by atoms with Crippen LogP contribution in [0.1, 0.15) is 18.4 Å². The number of benzene rings is 1. The van der Waals surface area contributed by atoms with Gasteiger partial charge in [0.2, 0.25) is 0 Å². The molecular weight excluding hydrogens is 326 g/mol. The summed E-state index contributed by atoms with van der Waals surface area (Å²) < 4.78 is 1.13. The number of aromatic nitrogens is 1. The molecule has 1 saturated heterocycles. The van der Waals surface area contributed by atoms with E-state index in [0.29, 0.717) is 6.04 Å². The van der Waals surface area contributed by atoms with Crippen LogP contribution in [0.15, 0.2) is 47.2 Å². The number of hydrogen-bond donors (Lipinski definition) is 1.